The number of hydrogen-bond donors (Lipinski definition) is 0. The Kier molecular flexibility index (Phi) is 4.61. The van der Waals surface area contributed by atoms with Crippen molar-refractivity contribution in [3.63, 3.8) is 0 Å². The van der Waals surface area contributed by atoms with Crippen LogP contribution in [0.1, 0.15) is 28.8 Å². The Bertz CT molecular complexity index is 722. The summed E-state index contributed by atoms with van der Waals surface area (Å²) in [4.78, 5) is 13.0. The average Bonchev–Trinajstić information content (AvgIpc) is 2.97. The molecule has 0 aromatic heterocycles. The Hall–Kier alpha value is -1.77. The Labute approximate surface area is 132 Å². The molecule has 0 saturated carbocycles. The number of methoxy groups -OCH3 is 1. The first kappa shape index (κ1) is 17.6. The second-order valence-electron chi connectivity index (χ2n) is 5.32. The number of nitrogens with zero attached hydrogens (tertiary/aromatic N) is 1. The van der Waals surface area contributed by atoms with Crippen LogP contribution < -0.4 is 4.90 Å². The van der Waals surface area contributed by atoms with Gasteiger partial charge in [0.1, 0.15) is 0 Å². The predicted octanol–water partition coefficient (Wildman–Crippen LogP) is 2.50. The molecule has 0 bridgehead atoms. The molecule has 2 rings (SSSR count). The minimum Gasteiger partial charge on any atom is -0.465 e. The summed E-state index contributed by atoms with van der Waals surface area (Å²) in [6.07, 6.45) is -2.36. The number of halogens is 3. The lowest BCUT2D eigenvalue weighted by Crippen LogP contribution is -2.23. The molecule has 0 aliphatic carbocycles. The molecular weight excluding hydrogens is 335 g/mol. The van der Waals surface area contributed by atoms with Crippen LogP contribution in [-0.2, 0) is 20.8 Å². The summed E-state index contributed by atoms with van der Waals surface area (Å²) in [7, 11) is -2.87. The highest BCUT2D eigenvalue weighted by atomic mass is 32.2. The monoisotopic (exact) mass is 351 g/mol. The van der Waals surface area contributed by atoms with Crippen molar-refractivity contribution in [1.29, 1.82) is 0 Å². The second kappa shape index (κ2) is 6.03. The SMILES string of the molecule is COC(=O)c1cc(S(C)(=O)=O)c(N2CCCC2)cc1C(F)(F)F. The molecule has 0 spiro atoms. The number of sulfone groups is 1. The smallest absolute Gasteiger partial charge is 0.417 e. The summed E-state index contributed by atoms with van der Waals surface area (Å²) < 4.78 is 68.1. The van der Waals surface area contributed by atoms with Gasteiger partial charge in [0.15, 0.2) is 9.84 Å². The lowest BCUT2D eigenvalue weighted by molar-refractivity contribution is -0.138. The molecule has 5 nitrogen and oxygen atoms in total. The molecule has 0 atom stereocenters. The summed E-state index contributed by atoms with van der Waals surface area (Å²) in [5.74, 6) is -1.23. The van der Waals surface area contributed by atoms with Crippen molar-refractivity contribution >= 4 is 21.5 Å². The van der Waals surface area contributed by atoms with Crippen LogP contribution in [-0.4, -0.2) is 40.8 Å². The minimum absolute atomic E-state index is 0.0232. The van der Waals surface area contributed by atoms with Gasteiger partial charge in [-0.1, -0.05) is 0 Å². The van der Waals surface area contributed by atoms with E-state index in [9.17, 15) is 26.4 Å². The Balaban J connectivity index is 2.77. The van der Waals surface area contributed by atoms with Crippen LogP contribution in [0, 0.1) is 0 Å². The van der Waals surface area contributed by atoms with Crippen LogP contribution >= 0.6 is 0 Å². The van der Waals surface area contributed by atoms with Crippen LogP contribution in [0.15, 0.2) is 17.0 Å². The van der Waals surface area contributed by atoms with E-state index in [-0.39, 0.29) is 10.6 Å². The van der Waals surface area contributed by atoms with Crippen molar-refractivity contribution in [2.75, 3.05) is 31.4 Å². The molecule has 23 heavy (non-hydrogen) atoms. The van der Waals surface area contributed by atoms with Gasteiger partial charge in [-0.3, -0.25) is 0 Å². The van der Waals surface area contributed by atoms with Gasteiger partial charge in [0, 0.05) is 19.3 Å². The first-order valence-electron chi connectivity index (χ1n) is 6.84. The predicted molar refractivity (Wildman–Crippen MR) is 77.3 cm³/mol. The first-order valence-corrected chi connectivity index (χ1v) is 8.73. The van der Waals surface area contributed by atoms with E-state index in [4.69, 9.17) is 0 Å². The number of carbonyl (C=O) groups excluding carboxylic acids is 1. The van der Waals surface area contributed by atoms with Crippen molar-refractivity contribution in [2.24, 2.45) is 0 Å². The maximum Gasteiger partial charge on any atom is 0.417 e. The van der Waals surface area contributed by atoms with E-state index in [1.165, 1.54) is 0 Å². The second-order valence-corrected chi connectivity index (χ2v) is 7.31. The van der Waals surface area contributed by atoms with Gasteiger partial charge in [-0.15, -0.1) is 0 Å². The molecule has 0 N–H and O–H groups in total. The van der Waals surface area contributed by atoms with Gasteiger partial charge in [0.25, 0.3) is 0 Å². The summed E-state index contributed by atoms with van der Waals surface area (Å²) in [6.45, 7) is 0.939. The van der Waals surface area contributed by atoms with Crippen LogP contribution in [0.5, 0.6) is 0 Å². The van der Waals surface area contributed by atoms with E-state index in [1.807, 2.05) is 0 Å². The van der Waals surface area contributed by atoms with Gasteiger partial charge in [0.05, 0.1) is 28.8 Å². The molecule has 1 aliphatic rings. The van der Waals surface area contributed by atoms with Crippen molar-refractivity contribution in [1.82, 2.24) is 0 Å². The number of rotatable bonds is 3. The third-order valence-electron chi connectivity index (χ3n) is 3.66. The molecule has 0 amide bonds. The Morgan fingerprint density at radius 3 is 2.22 bits per heavy atom. The van der Waals surface area contributed by atoms with E-state index in [0.717, 1.165) is 38.3 Å². The van der Waals surface area contributed by atoms with Crippen LogP contribution in [0.2, 0.25) is 0 Å². The molecule has 1 aliphatic heterocycles. The quantitative estimate of drug-likeness (QED) is 0.783. The van der Waals surface area contributed by atoms with Crippen molar-refractivity contribution in [3.8, 4) is 0 Å². The van der Waals surface area contributed by atoms with Gasteiger partial charge >= 0.3 is 12.1 Å². The fourth-order valence-electron chi connectivity index (χ4n) is 2.58. The largest absolute Gasteiger partial charge is 0.465 e. The summed E-state index contributed by atoms with van der Waals surface area (Å²) >= 11 is 0. The van der Waals surface area contributed by atoms with Gasteiger partial charge in [-0.25, -0.2) is 13.2 Å². The average molecular weight is 351 g/mol. The Morgan fingerprint density at radius 1 is 1.22 bits per heavy atom. The highest BCUT2D eigenvalue weighted by molar-refractivity contribution is 7.90. The zero-order valence-corrected chi connectivity index (χ0v) is 13.4. The molecule has 1 saturated heterocycles. The van der Waals surface area contributed by atoms with Gasteiger partial charge in [-0.2, -0.15) is 13.2 Å². The van der Waals surface area contributed by atoms with Crippen LogP contribution in [0.4, 0.5) is 18.9 Å². The number of esters is 1. The summed E-state index contributed by atoms with van der Waals surface area (Å²) in [6, 6.07) is 1.49. The highest BCUT2D eigenvalue weighted by Crippen LogP contribution is 2.39. The lowest BCUT2D eigenvalue weighted by atomic mass is 10.1. The fraction of sp³-hybridized carbons (Fsp3) is 0.500. The van der Waals surface area contributed by atoms with Gasteiger partial charge < -0.3 is 9.64 Å². The molecule has 0 radical (unpaired) electrons. The van der Waals surface area contributed by atoms with Gasteiger partial charge in [0.2, 0.25) is 0 Å². The molecule has 0 unspecified atom stereocenters. The molecule has 128 valence electrons. The van der Waals surface area contributed by atoms with E-state index in [2.05, 4.69) is 4.74 Å². The number of ether oxygens (including phenoxy) is 1. The number of carbonyl (C=O) groups is 1. The first-order chi connectivity index (χ1) is 10.6. The van der Waals surface area contributed by atoms with E-state index >= 15 is 0 Å². The van der Waals surface area contributed by atoms with Crippen molar-refractivity contribution in [2.45, 2.75) is 23.9 Å². The number of benzene rings is 1. The third kappa shape index (κ3) is 3.60. The maximum atomic E-state index is 13.3. The zero-order chi connectivity index (χ0) is 17.4. The third-order valence-corrected chi connectivity index (χ3v) is 4.78. The number of hydrogen-bond acceptors (Lipinski definition) is 5. The highest BCUT2D eigenvalue weighted by Gasteiger charge is 2.38. The number of alkyl halides is 3. The van der Waals surface area contributed by atoms with Gasteiger partial charge in [-0.05, 0) is 25.0 Å². The van der Waals surface area contributed by atoms with Crippen molar-refractivity contribution < 1.29 is 31.1 Å². The number of anilines is 1. The fourth-order valence-corrected chi connectivity index (χ4v) is 3.48. The topological polar surface area (TPSA) is 63.7 Å². The standard InChI is InChI=1S/C14H16F3NO4S/c1-22-13(19)9-7-12(23(2,20)21)11(18-5-3-4-6-18)8-10(9)14(15,16)17/h7-8H,3-6H2,1-2H3. The maximum absolute atomic E-state index is 13.3. The summed E-state index contributed by atoms with van der Waals surface area (Å²) in [5, 5.41) is 0. The molecular formula is C14H16F3NO4S. The van der Waals surface area contributed by atoms with Crippen molar-refractivity contribution in [3.05, 3.63) is 23.3 Å². The van der Waals surface area contributed by atoms with Crippen LogP contribution in [0.3, 0.4) is 0 Å². The molecule has 1 aromatic rings. The molecule has 1 aromatic carbocycles. The molecule has 1 heterocycles. The molecule has 1 fully saturated rings. The summed E-state index contributed by atoms with van der Waals surface area (Å²) in [5.41, 5.74) is -2.02. The lowest BCUT2D eigenvalue weighted by Gasteiger charge is -2.23. The Morgan fingerprint density at radius 2 is 1.78 bits per heavy atom. The minimum atomic E-state index is -4.80. The van der Waals surface area contributed by atoms with E-state index in [1.54, 1.807) is 4.90 Å². The molecule has 9 heteroatoms. The zero-order valence-electron chi connectivity index (χ0n) is 12.6. The van der Waals surface area contributed by atoms with Crippen LogP contribution in [0.25, 0.3) is 0 Å². The normalized spacial score (nSPS) is 15.8. The van der Waals surface area contributed by atoms with E-state index in [0.29, 0.717) is 13.1 Å². The van der Waals surface area contributed by atoms with E-state index < -0.39 is 33.1 Å².